The Labute approximate surface area is 135 Å². The van der Waals surface area contributed by atoms with Crippen LogP contribution in [0.5, 0.6) is 5.75 Å². The molecule has 6 heteroatoms. The van der Waals surface area contributed by atoms with Crippen LogP contribution in [0.25, 0.3) is 0 Å². The Morgan fingerprint density at radius 3 is 2.90 bits per heavy atom. The summed E-state index contributed by atoms with van der Waals surface area (Å²) in [6.45, 7) is 4.87. The average Bonchev–Trinajstić information content (AvgIpc) is 2.91. The van der Waals surface area contributed by atoms with E-state index < -0.39 is 0 Å². The van der Waals surface area contributed by atoms with Gasteiger partial charge in [0.05, 0.1) is 17.7 Å². The highest BCUT2D eigenvalue weighted by Crippen LogP contribution is 2.32. The third-order valence-corrected chi connectivity index (χ3v) is 4.36. The Kier molecular flexibility index (Phi) is 5.73. The summed E-state index contributed by atoms with van der Waals surface area (Å²) in [5.74, 6) is 0.150. The first-order valence-corrected chi connectivity index (χ1v) is 7.87. The van der Waals surface area contributed by atoms with Gasteiger partial charge in [-0.05, 0) is 38.1 Å². The number of halogens is 2. The van der Waals surface area contributed by atoms with Gasteiger partial charge in [-0.25, -0.2) is 0 Å². The number of rotatable bonds is 5. The van der Waals surface area contributed by atoms with Crippen LogP contribution >= 0.6 is 23.2 Å². The molecule has 1 N–H and O–H groups in total. The van der Waals surface area contributed by atoms with Crippen LogP contribution in [0.2, 0.25) is 10.0 Å². The van der Waals surface area contributed by atoms with Gasteiger partial charge in [0.2, 0.25) is 0 Å². The molecule has 0 spiro atoms. The quantitative estimate of drug-likeness (QED) is 0.901. The first kappa shape index (κ1) is 16.4. The third kappa shape index (κ3) is 3.82. The largest absolute Gasteiger partial charge is 0.494 e. The van der Waals surface area contributed by atoms with Crippen molar-refractivity contribution >= 4 is 29.1 Å². The zero-order valence-electron chi connectivity index (χ0n) is 12.3. The zero-order valence-corrected chi connectivity index (χ0v) is 13.8. The lowest BCUT2D eigenvalue weighted by Crippen LogP contribution is -2.40. The SMILES string of the molecule is CCN1CCCC1CNC(=O)c1cc(Cl)cc(Cl)c1OC. The molecule has 2 rings (SSSR count). The lowest BCUT2D eigenvalue weighted by atomic mass is 10.1. The number of likely N-dealkylation sites (N-methyl/N-ethyl adjacent to an activating group) is 1. The molecule has 1 aromatic rings. The summed E-state index contributed by atoms with van der Waals surface area (Å²) >= 11 is 12.0. The van der Waals surface area contributed by atoms with E-state index in [4.69, 9.17) is 27.9 Å². The summed E-state index contributed by atoms with van der Waals surface area (Å²) in [6.07, 6.45) is 2.29. The Morgan fingerprint density at radius 2 is 2.24 bits per heavy atom. The summed E-state index contributed by atoms with van der Waals surface area (Å²) in [7, 11) is 1.49. The van der Waals surface area contributed by atoms with E-state index in [0.717, 1.165) is 19.5 Å². The van der Waals surface area contributed by atoms with Gasteiger partial charge < -0.3 is 10.1 Å². The number of hydrogen-bond donors (Lipinski definition) is 1. The second kappa shape index (κ2) is 7.34. The standard InChI is InChI=1S/C15H20Cl2N2O2/c1-3-19-6-4-5-11(19)9-18-15(20)12-7-10(16)8-13(17)14(12)21-2/h7-8,11H,3-6,9H2,1-2H3,(H,18,20). The lowest BCUT2D eigenvalue weighted by Gasteiger charge is -2.23. The van der Waals surface area contributed by atoms with Crippen LogP contribution in [0.4, 0.5) is 0 Å². The van der Waals surface area contributed by atoms with Crippen molar-refractivity contribution in [3.05, 3.63) is 27.7 Å². The molecular formula is C15H20Cl2N2O2. The number of likely N-dealkylation sites (tertiary alicyclic amines) is 1. The van der Waals surface area contributed by atoms with Crippen molar-refractivity contribution in [1.29, 1.82) is 0 Å². The maximum atomic E-state index is 12.4. The van der Waals surface area contributed by atoms with Gasteiger partial charge in [-0.1, -0.05) is 30.1 Å². The fourth-order valence-corrected chi connectivity index (χ4v) is 3.36. The smallest absolute Gasteiger partial charge is 0.255 e. The number of carbonyl (C=O) groups is 1. The van der Waals surface area contributed by atoms with Crippen molar-refractivity contribution in [1.82, 2.24) is 10.2 Å². The monoisotopic (exact) mass is 330 g/mol. The van der Waals surface area contributed by atoms with E-state index in [1.807, 2.05) is 0 Å². The minimum atomic E-state index is -0.209. The Bertz CT molecular complexity index is 523. The summed E-state index contributed by atoms with van der Waals surface area (Å²) in [5.41, 5.74) is 0.371. The summed E-state index contributed by atoms with van der Waals surface area (Å²) < 4.78 is 5.20. The van der Waals surface area contributed by atoms with Crippen LogP contribution < -0.4 is 10.1 Å². The Morgan fingerprint density at radius 1 is 1.48 bits per heavy atom. The average molecular weight is 331 g/mol. The van der Waals surface area contributed by atoms with E-state index >= 15 is 0 Å². The van der Waals surface area contributed by atoms with Crippen LogP contribution in [0.1, 0.15) is 30.1 Å². The van der Waals surface area contributed by atoms with Crippen molar-refractivity contribution in [3.8, 4) is 5.75 Å². The fraction of sp³-hybridized carbons (Fsp3) is 0.533. The van der Waals surface area contributed by atoms with Gasteiger partial charge in [-0.15, -0.1) is 0 Å². The van der Waals surface area contributed by atoms with E-state index in [9.17, 15) is 4.79 Å². The van der Waals surface area contributed by atoms with Crippen LogP contribution in [0.3, 0.4) is 0 Å². The predicted octanol–water partition coefficient (Wildman–Crippen LogP) is 3.22. The van der Waals surface area contributed by atoms with E-state index in [0.29, 0.717) is 33.9 Å². The summed E-state index contributed by atoms with van der Waals surface area (Å²) in [6, 6.07) is 3.54. The van der Waals surface area contributed by atoms with Crippen molar-refractivity contribution in [2.24, 2.45) is 0 Å². The van der Waals surface area contributed by atoms with Crippen molar-refractivity contribution in [2.75, 3.05) is 26.7 Å². The molecule has 0 radical (unpaired) electrons. The molecule has 1 aliphatic heterocycles. The normalized spacial score (nSPS) is 18.8. The Hall–Kier alpha value is -0.970. The van der Waals surface area contributed by atoms with Crippen molar-refractivity contribution < 1.29 is 9.53 Å². The van der Waals surface area contributed by atoms with Gasteiger partial charge in [-0.2, -0.15) is 0 Å². The van der Waals surface area contributed by atoms with E-state index in [-0.39, 0.29) is 5.91 Å². The molecule has 1 unspecified atom stereocenters. The molecule has 0 aliphatic carbocycles. The number of hydrogen-bond acceptors (Lipinski definition) is 3. The molecule has 1 aliphatic rings. The van der Waals surface area contributed by atoms with Gasteiger partial charge in [0.15, 0.2) is 0 Å². The molecule has 4 nitrogen and oxygen atoms in total. The number of nitrogens with one attached hydrogen (secondary N) is 1. The molecule has 116 valence electrons. The first-order chi connectivity index (χ1) is 10.1. The number of methoxy groups -OCH3 is 1. The molecule has 21 heavy (non-hydrogen) atoms. The maximum Gasteiger partial charge on any atom is 0.255 e. The molecule has 0 bridgehead atoms. The number of amides is 1. The Balaban J connectivity index is 2.07. The van der Waals surface area contributed by atoms with E-state index in [1.165, 1.54) is 13.5 Å². The van der Waals surface area contributed by atoms with Crippen molar-refractivity contribution in [2.45, 2.75) is 25.8 Å². The molecule has 1 fully saturated rings. The maximum absolute atomic E-state index is 12.4. The van der Waals surface area contributed by atoms with Gasteiger partial charge in [0.1, 0.15) is 5.75 Å². The van der Waals surface area contributed by atoms with Crippen LogP contribution in [0.15, 0.2) is 12.1 Å². The zero-order chi connectivity index (χ0) is 15.4. The van der Waals surface area contributed by atoms with Crippen molar-refractivity contribution in [3.63, 3.8) is 0 Å². The minimum absolute atomic E-state index is 0.209. The molecule has 1 heterocycles. The van der Waals surface area contributed by atoms with E-state index in [1.54, 1.807) is 12.1 Å². The topological polar surface area (TPSA) is 41.6 Å². The molecule has 0 saturated carbocycles. The summed E-state index contributed by atoms with van der Waals surface area (Å²) in [4.78, 5) is 14.7. The van der Waals surface area contributed by atoms with Gasteiger partial charge in [0, 0.05) is 17.6 Å². The molecule has 1 saturated heterocycles. The lowest BCUT2D eigenvalue weighted by molar-refractivity contribution is 0.0938. The van der Waals surface area contributed by atoms with Gasteiger partial charge in [0.25, 0.3) is 5.91 Å². The van der Waals surface area contributed by atoms with Crippen LogP contribution in [-0.2, 0) is 0 Å². The number of carbonyl (C=O) groups excluding carboxylic acids is 1. The highest BCUT2D eigenvalue weighted by molar-refractivity contribution is 6.36. The summed E-state index contributed by atoms with van der Waals surface area (Å²) in [5, 5.41) is 3.71. The second-order valence-corrected chi connectivity index (χ2v) is 5.95. The number of ether oxygens (including phenoxy) is 1. The molecular weight excluding hydrogens is 311 g/mol. The fourth-order valence-electron chi connectivity index (χ4n) is 2.78. The molecule has 1 aromatic carbocycles. The van der Waals surface area contributed by atoms with Gasteiger partial charge >= 0.3 is 0 Å². The first-order valence-electron chi connectivity index (χ1n) is 7.12. The predicted molar refractivity (Wildman–Crippen MR) is 85.6 cm³/mol. The molecule has 1 amide bonds. The minimum Gasteiger partial charge on any atom is -0.494 e. The molecule has 0 aromatic heterocycles. The van der Waals surface area contributed by atoms with E-state index in [2.05, 4.69) is 17.1 Å². The second-order valence-electron chi connectivity index (χ2n) is 5.10. The number of benzene rings is 1. The van der Waals surface area contributed by atoms with Gasteiger partial charge in [-0.3, -0.25) is 9.69 Å². The highest BCUT2D eigenvalue weighted by atomic mass is 35.5. The highest BCUT2D eigenvalue weighted by Gasteiger charge is 2.24. The van der Waals surface area contributed by atoms with Crippen LogP contribution in [-0.4, -0.2) is 43.6 Å². The number of nitrogens with zero attached hydrogens (tertiary/aromatic N) is 1. The third-order valence-electron chi connectivity index (χ3n) is 3.86. The van der Waals surface area contributed by atoms with Crippen LogP contribution in [0, 0.1) is 0 Å². The molecule has 1 atom stereocenters.